The fourth-order valence-electron chi connectivity index (χ4n) is 4.01. The van der Waals surface area contributed by atoms with Crippen LogP contribution in [0.15, 0.2) is 0 Å². The molecule has 0 aromatic carbocycles. The maximum absolute atomic E-state index is 12.4. The van der Waals surface area contributed by atoms with Crippen LogP contribution in [0.4, 0.5) is 0 Å². The van der Waals surface area contributed by atoms with Gasteiger partial charge in [-0.25, -0.2) is 0 Å². The molecule has 0 aromatic heterocycles. The van der Waals surface area contributed by atoms with Crippen molar-refractivity contribution < 1.29 is 4.79 Å². The summed E-state index contributed by atoms with van der Waals surface area (Å²) in [5, 5.41) is 3.20. The molecule has 0 aliphatic heterocycles. The molecule has 2 aliphatic rings. The monoisotopic (exact) mass is 266 g/mol. The molecule has 0 heterocycles. The summed E-state index contributed by atoms with van der Waals surface area (Å²) in [5.74, 6) is 1.40. The molecule has 110 valence electrons. The van der Waals surface area contributed by atoms with E-state index in [4.69, 9.17) is 5.73 Å². The number of rotatable bonds is 4. The van der Waals surface area contributed by atoms with Gasteiger partial charge in [-0.2, -0.15) is 0 Å². The van der Waals surface area contributed by atoms with Crippen molar-refractivity contribution in [2.75, 3.05) is 13.1 Å². The van der Waals surface area contributed by atoms with E-state index in [2.05, 4.69) is 33.0 Å². The minimum absolute atomic E-state index is 0.156. The summed E-state index contributed by atoms with van der Waals surface area (Å²) in [4.78, 5) is 12.4. The Morgan fingerprint density at radius 2 is 1.74 bits per heavy atom. The Bertz CT molecular complexity index is 335. The molecule has 3 heteroatoms. The summed E-state index contributed by atoms with van der Waals surface area (Å²) in [6.45, 7) is 10.7. The van der Waals surface area contributed by atoms with Crippen molar-refractivity contribution in [2.45, 2.75) is 53.4 Å². The second-order valence-electron chi connectivity index (χ2n) is 7.63. The van der Waals surface area contributed by atoms with Crippen molar-refractivity contribution in [1.82, 2.24) is 5.32 Å². The smallest absolute Gasteiger partial charge is 0.223 e. The summed E-state index contributed by atoms with van der Waals surface area (Å²) in [6.07, 6.45) is 4.55. The molecule has 2 saturated carbocycles. The van der Waals surface area contributed by atoms with Gasteiger partial charge in [-0.05, 0) is 42.1 Å². The van der Waals surface area contributed by atoms with Crippen molar-refractivity contribution >= 4 is 5.91 Å². The molecule has 0 saturated heterocycles. The van der Waals surface area contributed by atoms with Gasteiger partial charge in [0.1, 0.15) is 0 Å². The highest BCUT2D eigenvalue weighted by Crippen LogP contribution is 2.67. The highest BCUT2D eigenvalue weighted by molar-refractivity contribution is 5.79. The molecule has 19 heavy (non-hydrogen) atoms. The zero-order chi connectivity index (χ0) is 14.3. The average Bonchev–Trinajstić information content (AvgIpc) is 2.76. The van der Waals surface area contributed by atoms with Crippen LogP contribution in [0.2, 0.25) is 0 Å². The fraction of sp³-hybridized carbons (Fsp3) is 0.938. The molecule has 2 atom stereocenters. The highest BCUT2D eigenvalue weighted by atomic mass is 16.1. The van der Waals surface area contributed by atoms with Crippen LogP contribution in [0.1, 0.15) is 53.4 Å². The van der Waals surface area contributed by atoms with Crippen molar-refractivity contribution in [3.05, 3.63) is 0 Å². The van der Waals surface area contributed by atoms with E-state index in [0.29, 0.717) is 29.2 Å². The molecule has 0 bridgehead atoms. The molecular weight excluding hydrogens is 236 g/mol. The lowest BCUT2D eigenvalue weighted by molar-refractivity contribution is -0.127. The van der Waals surface area contributed by atoms with Crippen molar-refractivity contribution in [3.8, 4) is 0 Å². The Kier molecular flexibility index (Phi) is 3.97. The lowest BCUT2D eigenvalue weighted by atomic mass is 9.78. The molecule has 0 aromatic rings. The number of nitrogens with one attached hydrogen (secondary N) is 1. The van der Waals surface area contributed by atoms with Crippen LogP contribution in [0.25, 0.3) is 0 Å². The van der Waals surface area contributed by atoms with Crippen LogP contribution in [-0.2, 0) is 4.79 Å². The van der Waals surface area contributed by atoms with E-state index in [1.165, 1.54) is 12.8 Å². The Balaban J connectivity index is 1.85. The second-order valence-corrected chi connectivity index (χ2v) is 7.63. The lowest BCUT2D eigenvalue weighted by Gasteiger charge is -2.29. The van der Waals surface area contributed by atoms with E-state index in [1.807, 2.05) is 0 Å². The van der Waals surface area contributed by atoms with Crippen molar-refractivity contribution in [1.29, 1.82) is 0 Å². The number of amides is 1. The normalized spacial score (nSPS) is 32.9. The largest absolute Gasteiger partial charge is 0.356 e. The van der Waals surface area contributed by atoms with Gasteiger partial charge in [-0.15, -0.1) is 0 Å². The Labute approximate surface area is 117 Å². The fourth-order valence-corrected chi connectivity index (χ4v) is 4.01. The minimum Gasteiger partial charge on any atom is -0.356 e. The second kappa shape index (κ2) is 5.08. The summed E-state index contributed by atoms with van der Waals surface area (Å²) in [6, 6.07) is 0. The Hall–Kier alpha value is -0.570. The Morgan fingerprint density at radius 3 is 2.26 bits per heavy atom. The molecule has 2 aliphatic carbocycles. The molecular formula is C16H30N2O. The molecule has 0 radical (unpaired) electrons. The molecule has 2 unspecified atom stereocenters. The van der Waals surface area contributed by atoms with Gasteiger partial charge in [0.25, 0.3) is 0 Å². The quantitative estimate of drug-likeness (QED) is 0.821. The van der Waals surface area contributed by atoms with Crippen LogP contribution >= 0.6 is 0 Å². The third-order valence-electron chi connectivity index (χ3n) is 6.35. The van der Waals surface area contributed by atoms with Gasteiger partial charge < -0.3 is 11.1 Å². The van der Waals surface area contributed by atoms with E-state index in [0.717, 1.165) is 19.4 Å². The van der Waals surface area contributed by atoms with Gasteiger partial charge in [0.05, 0.1) is 0 Å². The summed E-state index contributed by atoms with van der Waals surface area (Å²) in [5.41, 5.74) is 6.50. The van der Waals surface area contributed by atoms with Gasteiger partial charge >= 0.3 is 0 Å². The van der Waals surface area contributed by atoms with Crippen LogP contribution in [0.3, 0.4) is 0 Å². The summed E-state index contributed by atoms with van der Waals surface area (Å²) >= 11 is 0. The van der Waals surface area contributed by atoms with E-state index in [9.17, 15) is 4.79 Å². The molecule has 2 rings (SSSR count). The highest BCUT2D eigenvalue weighted by Gasteiger charge is 2.64. The molecule has 3 nitrogen and oxygen atoms in total. The number of hydrogen-bond acceptors (Lipinski definition) is 2. The average molecular weight is 266 g/mol. The maximum Gasteiger partial charge on any atom is 0.223 e. The first-order valence-electron chi connectivity index (χ1n) is 7.80. The summed E-state index contributed by atoms with van der Waals surface area (Å²) in [7, 11) is 0. The number of nitrogens with two attached hydrogens (primary N) is 1. The summed E-state index contributed by atoms with van der Waals surface area (Å²) < 4.78 is 0. The Morgan fingerprint density at radius 1 is 1.16 bits per heavy atom. The molecule has 1 amide bonds. The van der Waals surface area contributed by atoms with Crippen LogP contribution in [0, 0.1) is 28.6 Å². The van der Waals surface area contributed by atoms with Gasteiger partial charge in [0.15, 0.2) is 0 Å². The molecule has 2 fully saturated rings. The number of carbonyl (C=O) groups is 1. The van der Waals surface area contributed by atoms with E-state index >= 15 is 0 Å². The lowest BCUT2D eigenvalue weighted by Crippen LogP contribution is -2.40. The predicted octanol–water partition coefficient (Wildman–Crippen LogP) is 2.55. The van der Waals surface area contributed by atoms with Gasteiger partial charge in [-0.1, -0.05) is 40.5 Å². The van der Waals surface area contributed by atoms with Crippen molar-refractivity contribution in [3.63, 3.8) is 0 Å². The van der Waals surface area contributed by atoms with E-state index in [-0.39, 0.29) is 11.8 Å². The zero-order valence-electron chi connectivity index (χ0n) is 13.0. The molecule has 3 N–H and O–H groups in total. The van der Waals surface area contributed by atoms with Gasteiger partial charge in [0.2, 0.25) is 5.91 Å². The number of carbonyl (C=O) groups excluding carboxylic acids is 1. The standard InChI is InChI=1S/C16H30N2O/c1-15(2)13(16(15,3)4)10-18-14(19)12-8-6-5-7-11(12)9-17/h11-13H,5-10,17H2,1-4H3,(H,18,19). The third-order valence-corrected chi connectivity index (χ3v) is 6.35. The maximum atomic E-state index is 12.4. The first kappa shape index (κ1) is 14.8. The molecule has 0 spiro atoms. The van der Waals surface area contributed by atoms with E-state index < -0.39 is 0 Å². The van der Waals surface area contributed by atoms with Crippen LogP contribution in [-0.4, -0.2) is 19.0 Å². The van der Waals surface area contributed by atoms with E-state index in [1.54, 1.807) is 0 Å². The first-order valence-corrected chi connectivity index (χ1v) is 7.80. The third kappa shape index (κ3) is 2.54. The SMILES string of the molecule is CC1(C)C(CNC(=O)C2CCCCC2CN)C1(C)C. The number of hydrogen-bond donors (Lipinski definition) is 2. The minimum atomic E-state index is 0.156. The van der Waals surface area contributed by atoms with Gasteiger partial charge in [0, 0.05) is 12.5 Å². The van der Waals surface area contributed by atoms with Crippen molar-refractivity contribution in [2.24, 2.45) is 34.3 Å². The van der Waals surface area contributed by atoms with Crippen LogP contribution in [0.5, 0.6) is 0 Å². The zero-order valence-corrected chi connectivity index (χ0v) is 13.0. The van der Waals surface area contributed by atoms with Gasteiger partial charge in [-0.3, -0.25) is 4.79 Å². The first-order chi connectivity index (χ1) is 8.82. The topological polar surface area (TPSA) is 55.1 Å². The predicted molar refractivity (Wildman–Crippen MR) is 78.6 cm³/mol. The van der Waals surface area contributed by atoms with Crippen LogP contribution < -0.4 is 11.1 Å².